The van der Waals surface area contributed by atoms with Gasteiger partial charge in [0.2, 0.25) is 5.91 Å². The number of piperidine rings is 1. The highest BCUT2D eigenvalue weighted by molar-refractivity contribution is 6.74. The van der Waals surface area contributed by atoms with Crippen molar-refractivity contribution in [1.29, 1.82) is 0 Å². The Hall–Kier alpha value is -1.17. The predicted molar refractivity (Wildman–Crippen MR) is 97.1 cm³/mol. The molecule has 24 heavy (non-hydrogen) atoms. The van der Waals surface area contributed by atoms with Gasteiger partial charge in [-0.05, 0) is 30.1 Å². The van der Waals surface area contributed by atoms with Crippen molar-refractivity contribution < 1.29 is 14.0 Å². The van der Waals surface area contributed by atoms with Gasteiger partial charge in [0, 0.05) is 6.42 Å². The topological polar surface area (TPSA) is 38.8 Å². The molecule has 0 aromatic heterocycles. The Morgan fingerprint density at radius 1 is 1.21 bits per heavy atom. The summed E-state index contributed by atoms with van der Waals surface area (Å²) >= 11 is 0. The Kier molecular flexibility index (Phi) is 4.62. The first-order valence-electron chi connectivity index (χ1n) is 8.86. The highest BCUT2D eigenvalue weighted by Crippen LogP contribution is 2.42. The molecule has 0 spiro atoms. The Balaban J connectivity index is 1.81. The fraction of sp³-hybridized carbons (Fsp3) is 0.632. The molecule has 2 aliphatic rings. The molecule has 1 aromatic rings. The van der Waals surface area contributed by atoms with Crippen LogP contribution < -0.4 is 0 Å². The molecule has 0 bridgehead atoms. The second kappa shape index (κ2) is 6.28. The molecular weight excluding hydrogens is 318 g/mol. The molecule has 3 atom stereocenters. The van der Waals surface area contributed by atoms with Gasteiger partial charge >= 0.3 is 0 Å². The molecule has 0 radical (unpaired) electrons. The lowest BCUT2D eigenvalue weighted by Gasteiger charge is -2.44. The lowest BCUT2D eigenvalue weighted by Crippen LogP contribution is -2.54. The van der Waals surface area contributed by atoms with Crippen LogP contribution in [0.3, 0.4) is 0 Å². The Bertz CT molecular complexity index is 596. The van der Waals surface area contributed by atoms with Crippen molar-refractivity contribution in [3.63, 3.8) is 0 Å². The highest BCUT2D eigenvalue weighted by atomic mass is 28.4. The minimum Gasteiger partial charge on any atom is -0.409 e. The quantitative estimate of drug-likeness (QED) is 0.773. The number of hydrogen-bond acceptors (Lipinski definition) is 3. The summed E-state index contributed by atoms with van der Waals surface area (Å²) in [7, 11) is -1.89. The van der Waals surface area contributed by atoms with Gasteiger partial charge in [0.1, 0.15) is 0 Å². The van der Waals surface area contributed by atoms with Gasteiger partial charge in [-0.3, -0.25) is 4.79 Å². The third kappa shape index (κ3) is 3.17. The normalized spacial score (nSPS) is 28.1. The van der Waals surface area contributed by atoms with E-state index in [-0.39, 0.29) is 29.3 Å². The van der Waals surface area contributed by atoms with Crippen LogP contribution in [-0.4, -0.2) is 38.1 Å². The monoisotopic (exact) mass is 347 g/mol. The van der Waals surface area contributed by atoms with E-state index in [1.165, 1.54) is 0 Å². The maximum absolute atomic E-state index is 12.6. The van der Waals surface area contributed by atoms with Crippen molar-refractivity contribution in [2.75, 3.05) is 6.61 Å². The minimum absolute atomic E-state index is 0.00881. The molecule has 2 saturated heterocycles. The maximum atomic E-state index is 12.6. The van der Waals surface area contributed by atoms with Crippen LogP contribution in [-0.2, 0) is 14.0 Å². The molecule has 0 unspecified atom stereocenters. The van der Waals surface area contributed by atoms with Gasteiger partial charge < -0.3 is 14.1 Å². The van der Waals surface area contributed by atoms with Gasteiger partial charge in [-0.25, -0.2) is 0 Å². The standard InChI is InChI=1S/C19H29NO3Si/c1-19(2,3)24(4,5)23-16-11-12-17(21)20-15(13-22-18(16)20)14-9-7-6-8-10-14/h6-10,15-16,18H,11-13H2,1-5H3/t15-,16-,18+/m0/s1. The summed E-state index contributed by atoms with van der Waals surface area (Å²) < 4.78 is 12.7. The molecule has 2 fully saturated rings. The van der Waals surface area contributed by atoms with Gasteiger partial charge in [-0.2, -0.15) is 0 Å². The first-order chi connectivity index (χ1) is 11.2. The second-order valence-corrected chi connectivity index (χ2v) is 13.2. The summed E-state index contributed by atoms with van der Waals surface area (Å²) in [5, 5.41) is 0.150. The van der Waals surface area contributed by atoms with Crippen molar-refractivity contribution >= 4 is 14.2 Å². The van der Waals surface area contributed by atoms with Gasteiger partial charge in [0.15, 0.2) is 14.5 Å². The van der Waals surface area contributed by atoms with Crippen LogP contribution in [0.15, 0.2) is 30.3 Å². The first kappa shape index (κ1) is 17.6. The van der Waals surface area contributed by atoms with Crippen molar-refractivity contribution in [1.82, 2.24) is 4.90 Å². The Morgan fingerprint density at radius 3 is 2.50 bits per heavy atom. The van der Waals surface area contributed by atoms with Crippen LogP contribution in [0.5, 0.6) is 0 Å². The molecule has 1 aromatic carbocycles. The number of nitrogens with zero attached hydrogens (tertiary/aromatic N) is 1. The average Bonchev–Trinajstić information content (AvgIpc) is 2.96. The van der Waals surface area contributed by atoms with Crippen molar-refractivity contribution in [3.8, 4) is 0 Å². The summed E-state index contributed by atoms with van der Waals surface area (Å²) in [6.45, 7) is 11.8. The number of carbonyl (C=O) groups is 1. The smallest absolute Gasteiger partial charge is 0.225 e. The highest BCUT2D eigenvalue weighted by Gasteiger charge is 2.49. The van der Waals surface area contributed by atoms with Crippen LogP contribution >= 0.6 is 0 Å². The second-order valence-electron chi connectivity index (χ2n) is 8.41. The molecular formula is C19H29NO3Si. The molecule has 2 heterocycles. The summed E-state index contributed by atoms with van der Waals surface area (Å²) in [5.41, 5.74) is 1.14. The summed E-state index contributed by atoms with van der Waals surface area (Å²) in [6, 6.07) is 10.2. The van der Waals surface area contributed by atoms with E-state index in [0.29, 0.717) is 13.0 Å². The number of amides is 1. The largest absolute Gasteiger partial charge is 0.409 e. The molecule has 0 saturated carbocycles. The number of benzene rings is 1. The summed E-state index contributed by atoms with van der Waals surface area (Å²) in [5.74, 6) is 0.182. The van der Waals surface area contributed by atoms with Crippen LogP contribution in [0.2, 0.25) is 18.1 Å². The third-order valence-corrected chi connectivity index (χ3v) is 10.2. The van der Waals surface area contributed by atoms with E-state index in [4.69, 9.17) is 9.16 Å². The number of hydrogen-bond donors (Lipinski definition) is 0. The third-order valence-electron chi connectivity index (χ3n) is 5.72. The van der Waals surface area contributed by atoms with E-state index in [2.05, 4.69) is 46.0 Å². The molecule has 1 amide bonds. The lowest BCUT2D eigenvalue weighted by atomic mass is 10.0. The summed E-state index contributed by atoms with van der Waals surface area (Å²) in [6.07, 6.45) is 1.04. The van der Waals surface area contributed by atoms with Crippen LogP contribution in [0, 0.1) is 0 Å². The number of carbonyl (C=O) groups excluding carboxylic acids is 1. The summed E-state index contributed by atoms with van der Waals surface area (Å²) in [4.78, 5) is 14.5. The number of rotatable bonds is 3. The van der Waals surface area contributed by atoms with E-state index in [9.17, 15) is 4.79 Å². The van der Waals surface area contributed by atoms with Crippen molar-refractivity contribution in [3.05, 3.63) is 35.9 Å². The zero-order valence-electron chi connectivity index (χ0n) is 15.4. The fourth-order valence-electron chi connectivity index (χ4n) is 3.27. The zero-order valence-corrected chi connectivity index (χ0v) is 16.4. The lowest BCUT2D eigenvalue weighted by molar-refractivity contribution is -0.152. The van der Waals surface area contributed by atoms with Gasteiger partial charge in [0.25, 0.3) is 0 Å². The molecule has 5 heteroatoms. The predicted octanol–water partition coefficient (Wildman–Crippen LogP) is 4.10. The van der Waals surface area contributed by atoms with E-state index >= 15 is 0 Å². The SMILES string of the molecule is CC(C)(C)[Si](C)(C)O[C@H]1CCC(=O)N2[C@@H]1OC[C@H]2c1ccccc1. The average molecular weight is 348 g/mol. The minimum atomic E-state index is -1.89. The first-order valence-corrected chi connectivity index (χ1v) is 11.8. The molecule has 3 rings (SSSR count). The molecule has 2 aliphatic heterocycles. The van der Waals surface area contributed by atoms with E-state index in [1.807, 2.05) is 23.1 Å². The van der Waals surface area contributed by atoms with Gasteiger partial charge in [-0.15, -0.1) is 0 Å². The molecule has 132 valence electrons. The van der Waals surface area contributed by atoms with Gasteiger partial charge in [0.05, 0.1) is 18.8 Å². The van der Waals surface area contributed by atoms with Gasteiger partial charge in [-0.1, -0.05) is 51.1 Å². The number of fused-ring (bicyclic) bond motifs is 1. The van der Waals surface area contributed by atoms with Crippen molar-refractivity contribution in [2.45, 2.75) is 70.1 Å². The van der Waals surface area contributed by atoms with Crippen LogP contribution in [0.1, 0.15) is 45.2 Å². The van der Waals surface area contributed by atoms with E-state index in [0.717, 1.165) is 12.0 Å². The van der Waals surface area contributed by atoms with Crippen LogP contribution in [0.25, 0.3) is 0 Å². The Morgan fingerprint density at radius 2 is 1.88 bits per heavy atom. The van der Waals surface area contributed by atoms with Crippen molar-refractivity contribution in [2.24, 2.45) is 0 Å². The number of ether oxygens (including phenoxy) is 1. The zero-order chi connectivity index (χ0) is 17.5. The van der Waals surface area contributed by atoms with E-state index < -0.39 is 8.32 Å². The fourth-order valence-corrected chi connectivity index (χ4v) is 4.62. The van der Waals surface area contributed by atoms with E-state index in [1.54, 1.807) is 0 Å². The maximum Gasteiger partial charge on any atom is 0.225 e. The Labute approximate surface area is 146 Å². The van der Waals surface area contributed by atoms with Crippen LogP contribution in [0.4, 0.5) is 0 Å². The molecule has 4 nitrogen and oxygen atoms in total. The molecule has 0 aliphatic carbocycles. The molecule has 0 N–H and O–H groups in total.